The van der Waals surface area contributed by atoms with E-state index in [1.165, 1.54) is 0 Å². The molecular formula is C23H22N2O3. The number of hydrogen-bond acceptors (Lipinski definition) is 4. The molecule has 5 nitrogen and oxygen atoms in total. The van der Waals surface area contributed by atoms with E-state index in [0.717, 1.165) is 43.9 Å². The maximum Gasteiger partial charge on any atom is 0.357 e. The van der Waals surface area contributed by atoms with Crippen LogP contribution in [0.3, 0.4) is 0 Å². The number of aromatic nitrogens is 2. The predicted molar refractivity (Wildman–Crippen MR) is 112 cm³/mol. The number of fused-ring (bicyclic) bond motifs is 4. The molecule has 0 spiro atoms. The van der Waals surface area contributed by atoms with Crippen LogP contribution < -0.4 is 4.74 Å². The van der Waals surface area contributed by atoms with Gasteiger partial charge >= 0.3 is 5.97 Å². The molecule has 0 N–H and O–H groups in total. The molecule has 2 aromatic carbocycles. The van der Waals surface area contributed by atoms with Crippen LogP contribution in [0.2, 0.25) is 0 Å². The van der Waals surface area contributed by atoms with Crippen molar-refractivity contribution in [3.8, 4) is 5.75 Å². The fourth-order valence-corrected chi connectivity index (χ4v) is 3.88. The Labute approximate surface area is 163 Å². The molecule has 28 heavy (non-hydrogen) atoms. The highest BCUT2D eigenvalue weighted by Gasteiger charge is 2.19. The summed E-state index contributed by atoms with van der Waals surface area (Å²) in [5.74, 6) is 0.386. The summed E-state index contributed by atoms with van der Waals surface area (Å²) in [4.78, 5) is 16.7. The largest absolute Gasteiger partial charge is 0.490 e. The molecule has 0 saturated heterocycles. The average molecular weight is 374 g/mol. The number of hydrogen-bond donors (Lipinski definition) is 0. The summed E-state index contributed by atoms with van der Waals surface area (Å²) in [7, 11) is 2.06. The number of carbonyl (C=O) groups is 1. The minimum Gasteiger partial charge on any atom is -0.490 e. The standard InChI is InChI=1S/C23H22N2O3/c1-5-11-28-15-7-8-20-17(12-15)19-13-18-16(14(3)22(19)25(20)4)9-10-24-21(18)23(26)27-6-2/h5,7-10,12-13H,1,6,11H2,2-4H3. The number of ether oxygens (including phenoxy) is 2. The van der Waals surface area contributed by atoms with E-state index in [1.807, 2.05) is 24.3 Å². The summed E-state index contributed by atoms with van der Waals surface area (Å²) in [6, 6.07) is 10.0. The van der Waals surface area contributed by atoms with Gasteiger partial charge in [0.25, 0.3) is 0 Å². The second-order valence-corrected chi connectivity index (χ2v) is 6.71. The van der Waals surface area contributed by atoms with Crippen molar-refractivity contribution in [3.63, 3.8) is 0 Å². The molecule has 0 fully saturated rings. The molecule has 0 aliphatic heterocycles. The van der Waals surface area contributed by atoms with Crippen LogP contribution in [0.15, 0.2) is 49.2 Å². The molecule has 142 valence electrons. The Kier molecular flexibility index (Phi) is 4.51. The van der Waals surface area contributed by atoms with Crippen LogP contribution in [0.25, 0.3) is 32.6 Å². The smallest absolute Gasteiger partial charge is 0.357 e. The maximum absolute atomic E-state index is 12.4. The molecule has 0 atom stereocenters. The third-order valence-electron chi connectivity index (χ3n) is 5.08. The van der Waals surface area contributed by atoms with Gasteiger partial charge in [0.05, 0.1) is 12.1 Å². The topological polar surface area (TPSA) is 53.4 Å². The first-order valence-electron chi connectivity index (χ1n) is 9.28. The highest BCUT2D eigenvalue weighted by molar-refractivity contribution is 6.17. The minimum absolute atomic E-state index is 0.316. The maximum atomic E-state index is 12.4. The summed E-state index contributed by atoms with van der Waals surface area (Å²) in [5.41, 5.74) is 3.68. The van der Waals surface area contributed by atoms with Crippen LogP contribution in [0, 0.1) is 6.92 Å². The zero-order chi connectivity index (χ0) is 19.8. The van der Waals surface area contributed by atoms with Crippen LogP contribution in [-0.2, 0) is 11.8 Å². The lowest BCUT2D eigenvalue weighted by atomic mass is 10.00. The summed E-state index contributed by atoms with van der Waals surface area (Å²) >= 11 is 0. The van der Waals surface area contributed by atoms with Crippen molar-refractivity contribution in [2.45, 2.75) is 13.8 Å². The van der Waals surface area contributed by atoms with Crippen molar-refractivity contribution in [1.29, 1.82) is 0 Å². The zero-order valence-corrected chi connectivity index (χ0v) is 16.3. The van der Waals surface area contributed by atoms with E-state index in [2.05, 4.69) is 36.2 Å². The molecule has 2 heterocycles. The van der Waals surface area contributed by atoms with E-state index >= 15 is 0 Å². The highest BCUT2D eigenvalue weighted by atomic mass is 16.5. The van der Waals surface area contributed by atoms with Crippen LogP contribution >= 0.6 is 0 Å². The molecule has 0 bridgehead atoms. The molecule has 4 aromatic rings. The second-order valence-electron chi connectivity index (χ2n) is 6.71. The van der Waals surface area contributed by atoms with Crippen LogP contribution in [-0.4, -0.2) is 28.7 Å². The highest BCUT2D eigenvalue weighted by Crippen LogP contribution is 2.37. The number of pyridine rings is 1. The summed E-state index contributed by atoms with van der Waals surface area (Å²) in [6.45, 7) is 8.34. The Hall–Kier alpha value is -3.34. The quantitative estimate of drug-likeness (QED) is 0.367. The molecule has 5 heteroatoms. The molecule has 0 aliphatic rings. The van der Waals surface area contributed by atoms with Gasteiger partial charge in [0.2, 0.25) is 0 Å². The number of benzene rings is 2. The fourth-order valence-electron chi connectivity index (χ4n) is 3.88. The number of aryl methyl sites for hydroxylation is 2. The van der Waals surface area contributed by atoms with E-state index in [9.17, 15) is 4.79 Å². The Morgan fingerprint density at radius 3 is 2.75 bits per heavy atom. The van der Waals surface area contributed by atoms with Crippen molar-refractivity contribution < 1.29 is 14.3 Å². The Morgan fingerprint density at radius 2 is 2.00 bits per heavy atom. The number of rotatable bonds is 5. The van der Waals surface area contributed by atoms with Gasteiger partial charge in [-0.25, -0.2) is 9.78 Å². The first kappa shape index (κ1) is 18.0. The average Bonchev–Trinajstić information content (AvgIpc) is 2.98. The number of esters is 1. The Morgan fingerprint density at radius 1 is 1.18 bits per heavy atom. The fraction of sp³-hybridized carbons (Fsp3) is 0.217. The summed E-state index contributed by atoms with van der Waals surface area (Å²) in [5, 5.41) is 3.93. The van der Waals surface area contributed by atoms with Gasteiger partial charge in [-0.2, -0.15) is 0 Å². The van der Waals surface area contributed by atoms with E-state index in [4.69, 9.17) is 9.47 Å². The zero-order valence-electron chi connectivity index (χ0n) is 16.3. The van der Waals surface area contributed by atoms with E-state index in [-0.39, 0.29) is 0 Å². The van der Waals surface area contributed by atoms with Crippen molar-refractivity contribution in [2.75, 3.05) is 13.2 Å². The lowest BCUT2D eigenvalue weighted by Crippen LogP contribution is -2.08. The monoisotopic (exact) mass is 374 g/mol. The third-order valence-corrected chi connectivity index (χ3v) is 5.08. The molecular weight excluding hydrogens is 352 g/mol. The van der Waals surface area contributed by atoms with Crippen molar-refractivity contribution in [3.05, 3.63) is 60.4 Å². The summed E-state index contributed by atoms with van der Waals surface area (Å²) in [6.07, 6.45) is 3.39. The van der Waals surface area contributed by atoms with Gasteiger partial charge in [0.15, 0.2) is 5.69 Å². The molecule has 0 radical (unpaired) electrons. The summed E-state index contributed by atoms with van der Waals surface area (Å²) < 4.78 is 13.1. The SMILES string of the molecule is C=CCOc1ccc2c(c1)c1cc3c(C(=O)OCC)nccc3c(C)c1n2C. The molecule has 2 aromatic heterocycles. The first-order chi connectivity index (χ1) is 13.6. The normalized spacial score (nSPS) is 11.2. The van der Waals surface area contributed by atoms with E-state index in [0.29, 0.717) is 18.9 Å². The van der Waals surface area contributed by atoms with Gasteiger partial charge in [-0.05, 0) is 55.1 Å². The molecule has 0 saturated carbocycles. The minimum atomic E-state index is -0.401. The van der Waals surface area contributed by atoms with Gasteiger partial charge in [-0.3, -0.25) is 0 Å². The van der Waals surface area contributed by atoms with Gasteiger partial charge in [0.1, 0.15) is 12.4 Å². The van der Waals surface area contributed by atoms with Crippen LogP contribution in [0.5, 0.6) is 5.75 Å². The van der Waals surface area contributed by atoms with Gasteiger partial charge < -0.3 is 14.0 Å². The molecule has 4 rings (SSSR count). The third kappa shape index (κ3) is 2.71. The van der Waals surface area contributed by atoms with Crippen molar-refractivity contribution in [2.24, 2.45) is 7.05 Å². The van der Waals surface area contributed by atoms with Gasteiger partial charge in [-0.15, -0.1) is 0 Å². The van der Waals surface area contributed by atoms with Crippen molar-refractivity contribution >= 4 is 38.5 Å². The molecule has 0 aliphatic carbocycles. The number of carbonyl (C=O) groups excluding carboxylic acids is 1. The Balaban J connectivity index is 2.07. The van der Waals surface area contributed by atoms with Crippen LogP contribution in [0.4, 0.5) is 0 Å². The lowest BCUT2D eigenvalue weighted by molar-refractivity contribution is 0.0522. The molecule has 0 amide bonds. The van der Waals surface area contributed by atoms with E-state index < -0.39 is 5.97 Å². The second kappa shape index (κ2) is 7.00. The first-order valence-corrected chi connectivity index (χ1v) is 9.28. The Bertz CT molecular complexity index is 1240. The van der Waals surface area contributed by atoms with Crippen molar-refractivity contribution in [1.82, 2.24) is 9.55 Å². The number of nitrogens with zero attached hydrogens (tertiary/aromatic N) is 2. The van der Waals surface area contributed by atoms with Gasteiger partial charge in [0, 0.05) is 34.9 Å². The van der Waals surface area contributed by atoms with E-state index in [1.54, 1.807) is 19.2 Å². The molecule has 0 unspecified atom stereocenters. The lowest BCUT2D eigenvalue weighted by Gasteiger charge is -2.10. The predicted octanol–water partition coefficient (Wildman–Crippen LogP) is 4.93. The van der Waals surface area contributed by atoms with Gasteiger partial charge in [-0.1, -0.05) is 12.7 Å². The van der Waals surface area contributed by atoms with Crippen LogP contribution in [0.1, 0.15) is 23.0 Å².